The predicted octanol–water partition coefficient (Wildman–Crippen LogP) is 4.95. The quantitative estimate of drug-likeness (QED) is 0.663. The Bertz CT molecular complexity index is 942. The number of hydrogen-bond donors (Lipinski definition) is 2. The fourth-order valence-corrected chi connectivity index (χ4v) is 2.86. The number of nitrogens with zero attached hydrogens (tertiary/aromatic N) is 2. The molecule has 0 aliphatic rings. The van der Waals surface area contributed by atoms with Gasteiger partial charge in [-0.2, -0.15) is 0 Å². The molecule has 0 saturated carbocycles. The van der Waals surface area contributed by atoms with Gasteiger partial charge in [-0.25, -0.2) is 9.97 Å². The normalized spacial score (nSPS) is 11.1. The number of rotatable bonds is 5. The number of carbonyl (C=O) groups is 1. The average Bonchev–Trinajstić information content (AvgIpc) is 2.67. The van der Waals surface area contributed by atoms with Crippen molar-refractivity contribution in [1.82, 2.24) is 9.97 Å². The van der Waals surface area contributed by atoms with Crippen LogP contribution in [0.15, 0.2) is 60.9 Å². The van der Waals surface area contributed by atoms with Crippen LogP contribution in [-0.2, 0) is 12.0 Å². The molecule has 0 aliphatic heterocycles. The number of carbonyl (C=O) groups excluding carboxylic acids is 1. The highest BCUT2D eigenvalue weighted by molar-refractivity contribution is 6.04. The number of nitrogens with one attached hydrogen (secondary N) is 2. The van der Waals surface area contributed by atoms with Gasteiger partial charge in [0.25, 0.3) is 5.91 Å². The Hall–Kier alpha value is -3.21. The van der Waals surface area contributed by atoms with Crippen molar-refractivity contribution in [2.45, 2.75) is 39.7 Å². The van der Waals surface area contributed by atoms with Gasteiger partial charge in [0, 0.05) is 24.6 Å². The third-order valence-electron chi connectivity index (χ3n) is 4.47. The highest BCUT2D eigenvalue weighted by Gasteiger charge is 2.19. The Morgan fingerprint density at radius 2 is 1.61 bits per heavy atom. The Balaban J connectivity index is 1.65. The first-order valence-corrected chi connectivity index (χ1v) is 9.35. The van der Waals surface area contributed by atoms with E-state index < -0.39 is 0 Å². The number of anilines is 2. The van der Waals surface area contributed by atoms with E-state index in [0.717, 1.165) is 16.8 Å². The van der Waals surface area contributed by atoms with Gasteiger partial charge in [-0.05, 0) is 29.5 Å². The lowest BCUT2D eigenvalue weighted by atomic mass is 9.86. The van der Waals surface area contributed by atoms with Gasteiger partial charge in [0.15, 0.2) is 0 Å². The van der Waals surface area contributed by atoms with Crippen LogP contribution in [0.5, 0.6) is 0 Å². The topological polar surface area (TPSA) is 66.9 Å². The number of para-hydroxylation sites is 1. The molecule has 2 aromatic carbocycles. The highest BCUT2D eigenvalue weighted by atomic mass is 16.1. The van der Waals surface area contributed by atoms with Crippen LogP contribution in [0.25, 0.3) is 0 Å². The number of hydrogen-bond acceptors (Lipinski definition) is 4. The maximum atomic E-state index is 12.6. The van der Waals surface area contributed by atoms with Crippen molar-refractivity contribution in [3.63, 3.8) is 0 Å². The lowest BCUT2D eigenvalue weighted by Crippen LogP contribution is -2.19. The first kappa shape index (κ1) is 19.5. The molecule has 0 radical (unpaired) electrons. The third-order valence-corrected chi connectivity index (χ3v) is 4.47. The smallest absolute Gasteiger partial charge is 0.258 e. The summed E-state index contributed by atoms with van der Waals surface area (Å²) in [5.41, 5.74) is 4.62. The molecule has 0 aliphatic carbocycles. The average molecular weight is 374 g/mol. The van der Waals surface area contributed by atoms with E-state index in [9.17, 15) is 4.79 Å². The van der Waals surface area contributed by atoms with E-state index in [-0.39, 0.29) is 11.3 Å². The molecule has 0 bridgehead atoms. The van der Waals surface area contributed by atoms with E-state index in [1.807, 2.05) is 24.3 Å². The van der Waals surface area contributed by atoms with Gasteiger partial charge in [0.2, 0.25) is 5.95 Å². The first-order valence-electron chi connectivity index (χ1n) is 9.35. The maximum Gasteiger partial charge on any atom is 0.258 e. The number of aryl methyl sites for hydroxylation is 1. The second-order valence-corrected chi connectivity index (χ2v) is 7.88. The minimum absolute atomic E-state index is 0.0653. The zero-order valence-corrected chi connectivity index (χ0v) is 16.8. The van der Waals surface area contributed by atoms with Crippen LogP contribution < -0.4 is 10.6 Å². The molecule has 0 atom stereocenters. The molecule has 5 heteroatoms. The molecule has 1 aromatic heterocycles. The zero-order valence-electron chi connectivity index (χ0n) is 16.8. The predicted molar refractivity (Wildman–Crippen MR) is 114 cm³/mol. The Kier molecular flexibility index (Phi) is 5.73. The van der Waals surface area contributed by atoms with Crippen LogP contribution in [-0.4, -0.2) is 15.9 Å². The summed E-state index contributed by atoms with van der Waals surface area (Å²) in [5, 5.41) is 6.15. The van der Waals surface area contributed by atoms with Gasteiger partial charge in [0.05, 0.1) is 5.56 Å². The van der Waals surface area contributed by atoms with Crippen molar-refractivity contribution in [3.05, 3.63) is 83.2 Å². The summed E-state index contributed by atoms with van der Waals surface area (Å²) in [6.07, 6.45) is 3.08. The molecule has 1 amide bonds. The fourth-order valence-electron chi connectivity index (χ4n) is 2.86. The van der Waals surface area contributed by atoms with Crippen molar-refractivity contribution >= 4 is 17.5 Å². The minimum atomic E-state index is -0.221. The van der Waals surface area contributed by atoms with E-state index in [4.69, 9.17) is 0 Å². The number of amides is 1. The van der Waals surface area contributed by atoms with Crippen LogP contribution in [0.3, 0.4) is 0 Å². The Morgan fingerprint density at radius 3 is 2.25 bits per heavy atom. The molecule has 144 valence electrons. The van der Waals surface area contributed by atoms with E-state index in [1.165, 1.54) is 5.56 Å². The minimum Gasteiger partial charge on any atom is -0.350 e. The number of aromatic nitrogens is 2. The summed E-state index contributed by atoms with van der Waals surface area (Å²) in [4.78, 5) is 21.1. The molecule has 3 aromatic rings. The second-order valence-electron chi connectivity index (χ2n) is 7.88. The molecule has 5 nitrogen and oxygen atoms in total. The Labute approximate surface area is 166 Å². The molecule has 0 unspecified atom stereocenters. The summed E-state index contributed by atoms with van der Waals surface area (Å²) in [6, 6.07) is 16.1. The Morgan fingerprint density at radius 1 is 0.964 bits per heavy atom. The highest BCUT2D eigenvalue weighted by Crippen LogP contribution is 2.29. The van der Waals surface area contributed by atoms with Crippen molar-refractivity contribution in [1.29, 1.82) is 0 Å². The third kappa shape index (κ3) is 4.94. The first-order chi connectivity index (χ1) is 13.3. The molecular weight excluding hydrogens is 348 g/mol. The molecule has 0 saturated heterocycles. The van der Waals surface area contributed by atoms with Crippen molar-refractivity contribution in [2.75, 3.05) is 10.6 Å². The molecular formula is C23H26N4O. The molecule has 0 fully saturated rings. The number of benzene rings is 2. The molecule has 28 heavy (non-hydrogen) atoms. The standard InChI is InChI=1S/C23H26N4O/c1-16-9-11-17(12-10-16)13-24-22-25-14-18(15-26-22)21(28)27-20-8-6-5-7-19(20)23(2,3)4/h5-12,14-15H,13H2,1-4H3,(H,27,28)(H,24,25,26). The van der Waals surface area contributed by atoms with E-state index in [1.54, 1.807) is 12.4 Å². The summed E-state index contributed by atoms with van der Waals surface area (Å²) >= 11 is 0. The van der Waals surface area contributed by atoms with E-state index >= 15 is 0 Å². The summed E-state index contributed by atoms with van der Waals surface area (Å²) in [6.45, 7) is 9.05. The monoisotopic (exact) mass is 374 g/mol. The van der Waals surface area contributed by atoms with Gasteiger partial charge >= 0.3 is 0 Å². The van der Waals surface area contributed by atoms with Crippen molar-refractivity contribution < 1.29 is 4.79 Å². The SMILES string of the molecule is Cc1ccc(CNc2ncc(C(=O)Nc3ccccc3C(C)(C)C)cn2)cc1. The summed E-state index contributed by atoms with van der Waals surface area (Å²) in [5.74, 6) is 0.272. The second kappa shape index (κ2) is 8.21. The fraction of sp³-hybridized carbons (Fsp3) is 0.261. The maximum absolute atomic E-state index is 12.6. The van der Waals surface area contributed by atoms with Gasteiger partial charge in [-0.15, -0.1) is 0 Å². The van der Waals surface area contributed by atoms with Crippen LogP contribution in [0, 0.1) is 6.92 Å². The zero-order chi connectivity index (χ0) is 20.1. The van der Waals surface area contributed by atoms with E-state index in [0.29, 0.717) is 18.1 Å². The molecule has 2 N–H and O–H groups in total. The van der Waals surface area contributed by atoms with Crippen LogP contribution in [0.2, 0.25) is 0 Å². The lowest BCUT2D eigenvalue weighted by molar-refractivity contribution is 0.102. The van der Waals surface area contributed by atoms with Crippen LogP contribution in [0.4, 0.5) is 11.6 Å². The van der Waals surface area contributed by atoms with Gasteiger partial charge in [0.1, 0.15) is 0 Å². The van der Waals surface area contributed by atoms with Gasteiger partial charge in [-0.3, -0.25) is 4.79 Å². The molecule has 0 spiro atoms. The molecule has 3 rings (SSSR count). The van der Waals surface area contributed by atoms with Crippen LogP contribution in [0.1, 0.15) is 47.8 Å². The summed E-state index contributed by atoms with van der Waals surface area (Å²) in [7, 11) is 0. The largest absolute Gasteiger partial charge is 0.350 e. The van der Waals surface area contributed by atoms with Crippen molar-refractivity contribution in [3.8, 4) is 0 Å². The summed E-state index contributed by atoms with van der Waals surface area (Å²) < 4.78 is 0. The lowest BCUT2D eigenvalue weighted by Gasteiger charge is -2.22. The van der Waals surface area contributed by atoms with Crippen LogP contribution >= 0.6 is 0 Å². The van der Waals surface area contributed by atoms with Gasteiger partial charge in [-0.1, -0.05) is 68.8 Å². The van der Waals surface area contributed by atoms with Gasteiger partial charge < -0.3 is 10.6 Å². The van der Waals surface area contributed by atoms with Crippen molar-refractivity contribution in [2.24, 2.45) is 0 Å². The molecule has 1 heterocycles. The van der Waals surface area contributed by atoms with E-state index in [2.05, 4.69) is 72.6 Å².